The predicted molar refractivity (Wildman–Crippen MR) is 116 cm³/mol. The molecular formula is C22H25N3O2S. The SMILES string of the molecule is CC(C)c1ccc(C(=O)NC(=S)Nc2ccc(C(=O)N3CCCC3)cc2)cc1. The highest BCUT2D eigenvalue weighted by atomic mass is 32.1. The summed E-state index contributed by atoms with van der Waals surface area (Å²) < 4.78 is 0. The number of nitrogens with one attached hydrogen (secondary N) is 2. The van der Waals surface area contributed by atoms with Crippen LogP contribution in [-0.4, -0.2) is 34.9 Å². The van der Waals surface area contributed by atoms with Crippen molar-refractivity contribution in [2.24, 2.45) is 0 Å². The molecular weight excluding hydrogens is 370 g/mol. The molecule has 1 aliphatic rings. The largest absolute Gasteiger partial charge is 0.339 e. The van der Waals surface area contributed by atoms with Crippen LogP contribution in [0.4, 0.5) is 5.69 Å². The molecule has 0 radical (unpaired) electrons. The minimum Gasteiger partial charge on any atom is -0.339 e. The van der Waals surface area contributed by atoms with Crippen LogP contribution < -0.4 is 10.6 Å². The van der Waals surface area contributed by atoms with Gasteiger partial charge in [0.2, 0.25) is 0 Å². The van der Waals surface area contributed by atoms with Crippen molar-refractivity contribution in [3.8, 4) is 0 Å². The second-order valence-electron chi connectivity index (χ2n) is 7.26. The molecule has 0 spiro atoms. The Balaban J connectivity index is 1.55. The van der Waals surface area contributed by atoms with E-state index in [2.05, 4.69) is 24.5 Å². The Hall–Kier alpha value is -2.73. The van der Waals surface area contributed by atoms with E-state index < -0.39 is 0 Å². The second-order valence-corrected chi connectivity index (χ2v) is 7.67. The first-order valence-electron chi connectivity index (χ1n) is 9.55. The van der Waals surface area contributed by atoms with E-state index in [-0.39, 0.29) is 16.9 Å². The van der Waals surface area contributed by atoms with Crippen molar-refractivity contribution in [3.05, 3.63) is 65.2 Å². The Morgan fingerprint density at radius 1 is 0.929 bits per heavy atom. The number of hydrogen-bond donors (Lipinski definition) is 2. The monoisotopic (exact) mass is 395 g/mol. The number of anilines is 1. The summed E-state index contributed by atoms with van der Waals surface area (Å²) in [4.78, 5) is 26.6. The third kappa shape index (κ3) is 4.95. The van der Waals surface area contributed by atoms with Gasteiger partial charge in [-0.1, -0.05) is 26.0 Å². The van der Waals surface area contributed by atoms with Crippen LogP contribution in [0.5, 0.6) is 0 Å². The van der Waals surface area contributed by atoms with E-state index >= 15 is 0 Å². The Morgan fingerprint density at radius 2 is 1.50 bits per heavy atom. The van der Waals surface area contributed by atoms with Crippen molar-refractivity contribution in [3.63, 3.8) is 0 Å². The first-order valence-corrected chi connectivity index (χ1v) is 9.96. The highest BCUT2D eigenvalue weighted by Gasteiger charge is 2.19. The highest BCUT2D eigenvalue weighted by Crippen LogP contribution is 2.16. The van der Waals surface area contributed by atoms with E-state index in [1.807, 2.05) is 17.0 Å². The summed E-state index contributed by atoms with van der Waals surface area (Å²) in [5, 5.41) is 5.88. The van der Waals surface area contributed by atoms with E-state index in [4.69, 9.17) is 12.2 Å². The molecule has 0 saturated carbocycles. The number of rotatable bonds is 4. The molecule has 2 aromatic carbocycles. The molecule has 6 heteroatoms. The summed E-state index contributed by atoms with van der Waals surface area (Å²) in [5.74, 6) is 0.221. The van der Waals surface area contributed by atoms with Crippen molar-refractivity contribution < 1.29 is 9.59 Å². The Bertz CT molecular complexity index is 854. The van der Waals surface area contributed by atoms with Crippen LogP contribution in [0.15, 0.2) is 48.5 Å². The van der Waals surface area contributed by atoms with Crippen LogP contribution in [-0.2, 0) is 0 Å². The number of thiocarbonyl (C=S) groups is 1. The number of hydrogen-bond acceptors (Lipinski definition) is 3. The van der Waals surface area contributed by atoms with Crippen LogP contribution in [0.25, 0.3) is 0 Å². The van der Waals surface area contributed by atoms with Gasteiger partial charge in [-0.15, -0.1) is 0 Å². The van der Waals surface area contributed by atoms with Gasteiger partial charge < -0.3 is 10.2 Å². The minimum absolute atomic E-state index is 0.0600. The van der Waals surface area contributed by atoms with Crippen LogP contribution in [0.3, 0.4) is 0 Å². The van der Waals surface area contributed by atoms with Crippen molar-refractivity contribution in [1.82, 2.24) is 10.2 Å². The lowest BCUT2D eigenvalue weighted by Crippen LogP contribution is -2.34. The van der Waals surface area contributed by atoms with Gasteiger partial charge in [-0.2, -0.15) is 0 Å². The maximum absolute atomic E-state index is 12.4. The fourth-order valence-electron chi connectivity index (χ4n) is 3.16. The topological polar surface area (TPSA) is 61.4 Å². The lowest BCUT2D eigenvalue weighted by Gasteiger charge is -2.15. The van der Waals surface area contributed by atoms with Gasteiger partial charge in [0.25, 0.3) is 11.8 Å². The molecule has 1 aliphatic heterocycles. The van der Waals surface area contributed by atoms with Gasteiger partial charge >= 0.3 is 0 Å². The van der Waals surface area contributed by atoms with Crippen LogP contribution >= 0.6 is 12.2 Å². The van der Waals surface area contributed by atoms with Crippen LogP contribution in [0.1, 0.15) is 58.9 Å². The normalized spacial score (nSPS) is 13.5. The summed E-state index contributed by atoms with van der Waals surface area (Å²) in [5.41, 5.74) is 3.12. The van der Waals surface area contributed by atoms with E-state index in [9.17, 15) is 9.59 Å². The molecule has 3 rings (SSSR count). The zero-order valence-electron chi connectivity index (χ0n) is 16.2. The smallest absolute Gasteiger partial charge is 0.257 e. The van der Waals surface area contributed by atoms with Gasteiger partial charge in [0.15, 0.2) is 5.11 Å². The first-order chi connectivity index (χ1) is 13.4. The highest BCUT2D eigenvalue weighted by molar-refractivity contribution is 7.80. The van der Waals surface area contributed by atoms with Crippen molar-refractivity contribution in [2.75, 3.05) is 18.4 Å². The molecule has 0 bridgehead atoms. The average molecular weight is 396 g/mol. The molecule has 1 heterocycles. The summed E-state index contributed by atoms with van der Waals surface area (Å²) in [7, 11) is 0. The quantitative estimate of drug-likeness (QED) is 0.763. The average Bonchev–Trinajstić information content (AvgIpc) is 3.22. The summed E-state index contributed by atoms with van der Waals surface area (Å²) in [6, 6.07) is 14.6. The fraction of sp³-hybridized carbons (Fsp3) is 0.318. The van der Waals surface area contributed by atoms with Gasteiger partial charge in [0.1, 0.15) is 0 Å². The molecule has 1 fully saturated rings. The van der Waals surface area contributed by atoms with E-state index in [1.54, 1.807) is 36.4 Å². The molecule has 0 aliphatic carbocycles. The van der Waals surface area contributed by atoms with E-state index in [0.29, 0.717) is 17.0 Å². The number of benzene rings is 2. The Kier molecular flexibility index (Phi) is 6.41. The number of nitrogens with zero attached hydrogens (tertiary/aromatic N) is 1. The Labute approximate surface area is 171 Å². The molecule has 2 N–H and O–H groups in total. The number of amides is 2. The third-order valence-electron chi connectivity index (χ3n) is 4.85. The standard InChI is InChI=1S/C22H25N3O2S/c1-15(2)16-5-7-17(8-6-16)20(26)24-22(28)23-19-11-9-18(10-12-19)21(27)25-13-3-4-14-25/h5-12,15H,3-4,13-14H2,1-2H3,(H2,23,24,26,28). The van der Waals surface area contributed by atoms with Crippen molar-refractivity contribution >= 4 is 34.8 Å². The molecule has 2 amide bonds. The van der Waals surface area contributed by atoms with Crippen LogP contribution in [0.2, 0.25) is 0 Å². The second kappa shape index (κ2) is 8.97. The van der Waals surface area contributed by atoms with Gasteiger partial charge in [-0.25, -0.2) is 0 Å². The molecule has 0 aromatic heterocycles. The fourth-order valence-corrected chi connectivity index (χ4v) is 3.37. The number of carbonyl (C=O) groups excluding carboxylic acids is 2. The molecule has 146 valence electrons. The van der Waals surface area contributed by atoms with Gasteiger partial charge in [0, 0.05) is 29.9 Å². The first kappa shape index (κ1) is 20.0. The van der Waals surface area contributed by atoms with Crippen molar-refractivity contribution in [1.29, 1.82) is 0 Å². The molecule has 1 saturated heterocycles. The molecule has 28 heavy (non-hydrogen) atoms. The summed E-state index contributed by atoms with van der Waals surface area (Å²) >= 11 is 5.23. The molecule has 0 unspecified atom stereocenters. The van der Waals surface area contributed by atoms with Gasteiger partial charge in [-0.05, 0) is 72.9 Å². The minimum atomic E-state index is -0.256. The maximum Gasteiger partial charge on any atom is 0.257 e. The predicted octanol–water partition coefficient (Wildman–Crippen LogP) is 4.17. The number of carbonyl (C=O) groups is 2. The summed E-state index contributed by atoms with van der Waals surface area (Å²) in [6.07, 6.45) is 2.14. The van der Waals surface area contributed by atoms with Crippen molar-refractivity contribution in [2.45, 2.75) is 32.6 Å². The lowest BCUT2D eigenvalue weighted by molar-refractivity contribution is 0.0792. The van der Waals surface area contributed by atoms with Gasteiger partial charge in [0.05, 0.1) is 0 Å². The van der Waals surface area contributed by atoms with E-state index in [1.165, 1.54) is 5.56 Å². The van der Waals surface area contributed by atoms with Gasteiger partial charge in [-0.3, -0.25) is 14.9 Å². The van der Waals surface area contributed by atoms with Crippen LogP contribution in [0, 0.1) is 0 Å². The molecule has 2 aromatic rings. The molecule has 0 atom stereocenters. The summed E-state index contributed by atoms with van der Waals surface area (Å²) in [6.45, 7) is 5.87. The zero-order valence-corrected chi connectivity index (χ0v) is 17.0. The molecule has 5 nitrogen and oxygen atoms in total. The Morgan fingerprint density at radius 3 is 2.07 bits per heavy atom. The zero-order chi connectivity index (χ0) is 20.1. The number of likely N-dealkylation sites (tertiary alicyclic amines) is 1. The maximum atomic E-state index is 12.4. The lowest BCUT2D eigenvalue weighted by atomic mass is 10.0. The third-order valence-corrected chi connectivity index (χ3v) is 5.05. The van der Waals surface area contributed by atoms with E-state index in [0.717, 1.165) is 31.6 Å².